The van der Waals surface area contributed by atoms with E-state index in [-0.39, 0.29) is 0 Å². The van der Waals surface area contributed by atoms with Crippen molar-refractivity contribution in [1.82, 2.24) is 9.80 Å². The summed E-state index contributed by atoms with van der Waals surface area (Å²) >= 11 is 0. The number of ether oxygens (including phenoxy) is 2. The highest BCUT2D eigenvalue weighted by Gasteiger charge is 2.31. The highest BCUT2D eigenvalue weighted by Crippen LogP contribution is 2.40. The minimum Gasteiger partial charge on any atom is -0.493 e. The number of benzene rings is 2. The molecule has 28 heavy (non-hydrogen) atoms. The van der Waals surface area contributed by atoms with E-state index in [1.165, 1.54) is 16.7 Å². The van der Waals surface area contributed by atoms with Crippen molar-refractivity contribution in [3.05, 3.63) is 64.2 Å². The Bertz CT molecular complexity index is 957. The molecule has 5 nitrogen and oxygen atoms in total. The fourth-order valence-corrected chi connectivity index (χ4v) is 4.12. The highest BCUT2D eigenvalue weighted by molar-refractivity contribution is 5.77. The summed E-state index contributed by atoms with van der Waals surface area (Å²) in [6.07, 6.45) is 0.927. The quantitative estimate of drug-likeness (QED) is 0.818. The van der Waals surface area contributed by atoms with Crippen LogP contribution in [0, 0.1) is 18.3 Å². The monoisotopic (exact) mass is 375 g/mol. The van der Waals surface area contributed by atoms with Gasteiger partial charge in [0.25, 0.3) is 0 Å². The molecule has 0 amide bonds. The molecule has 2 aliphatic rings. The minimum atomic E-state index is 0.657. The molecule has 4 rings (SSSR count). The lowest BCUT2D eigenvalue weighted by Crippen LogP contribution is -2.45. The molecule has 5 heteroatoms. The molecule has 0 atom stereocenters. The molecule has 0 spiro atoms. The predicted molar refractivity (Wildman–Crippen MR) is 109 cm³/mol. The van der Waals surface area contributed by atoms with Gasteiger partial charge in [-0.2, -0.15) is 5.26 Å². The van der Waals surface area contributed by atoms with E-state index in [0.717, 1.165) is 48.8 Å². The second-order valence-electron chi connectivity index (χ2n) is 7.43. The smallest absolute Gasteiger partial charge is 0.161 e. The standard InChI is InChI=1S/C23H25N3O2/c1-16-4-6-17(7-5-16)13-25-14-19(12-24)23-20-11-22(28-3)21(27-2)10-18(20)8-9-26(23)15-25/h4-7,10-11H,8-9,13-15H2,1-3H3. The zero-order chi connectivity index (χ0) is 19.7. The first-order valence-electron chi connectivity index (χ1n) is 9.54. The summed E-state index contributed by atoms with van der Waals surface area (Å²) in [7, 11) is 3.30. The number of fused-ring (bicyclic) bond motifs is 3. The van der Waals surface area contributed by atoms with Crippen molar-refractivity contribution in [1.29, 1.82) is 5.26 Å². The minimum absolute atomic E-state index is 0.657. The van der Waals surface area contributed by atoms with Gasteiger partial charge in [-0.1, -0.05) is 29.8 Å². The summed E-state index contributed by atoms with van der Waals surface area (Å²) in [5.41, 5.74) is 6.70. The summed E-state index contributed by atoms with van der Waals surface area (Å²) < 4.78 is 11.0. The van der Waals surface area contributed by atoms with Crippen molar-refractivity contribution in [2.75, 3.05) is 34.0 Å². The molecule has 0 unspecified atom stereocenters. The number of rotatable bonds is 4. The Morgan fingerprint density at radius 1 is 1.07 bits per heavy atom. The van der Waals surface area contributed by atoms with Gasteiger partial charge in [0, 0.05) is 25.2 Å². The molecule has 2 aliphatic heterocycles. The van der Waals surface area contributed by atoms with Crippen LogP contribution in [-0.2, 0) is 13.0 Å². The van der Waals surface area contributed by atoms with Crippen LogP contribution in [0.1, 0.15) is 22.3 Å². The summed E-state index contributed by atoms with van der Waals surface area (Å²) in [6.45, 7) is 5.31. The Balaban J connectivity index is 1.68. The first-order valence-corrected chi connectivity index (χ1v) is 9.54. The number of methoxy groups -OCH3 is 2. The Hall–Kier alpha value is -2.97. The van der Waals surface area contributed by atoms with E-state index in [4.69, 9.17) is 9.47 Å². The van der Waals surface area contributed by atoms with Crippen molar-refractivity contribution in [2.24, 2.45) is 0 Å². The van der Waals surface area contributed by atoms with Crippen LogP contribution in [0.15, 0.2) is 42.0 Å². The first-order chi connectivity index (χ1) is 13.6. The van der Waals surface area contributed by atoms with Gasteiger partial charge in [0.1, 0.15) is 0 Å². The number of nitrogens with zero attached hydrogens (tertiary/aromatic N) is 3. The number of nitriles is 1. The maximum Gasteiger partial charge on any atom is 0.161 e. The highest BCUT2D eigenvalue weighted by atomic mass is 16.5. The molecule has 0 radical (unpaired) electrons. The van der Waals surface area contributed by atoms with Crippen molar-refractivity contribution < 1.29 is 9.47 Å². The van der Waals surface area contributed by atoms with Crippen molar-refractivity contribution in [2.45, 2.75) is 19.9 Å². The summed E-state index contributed by atoms with van der Waals surface area (Å²) in [6, 6.07) is 15.1. The van der Waals surface area contributed by atoms with Crippen molar-refractivity contribution >= 4 is 5.70 Å². The van der Waals surface area contributed by atoms with E-state index >= 15 is 0 Å². The second kappa shape index (κ2) is 7.57. The maximum atomic E-state index is 9.89. The van der Waals surface area contributed by atoms with Crippen LogP contribution in [0.25, 0.3) is 5.70 Å². The van der Waals surface area contributed by atoms with Crippen LogP contribution in [-0.4, -0.2) is 43.8 Å². The molecule has 0 N–H and O–H groups in total. The summed E-state index contributed by atoms with van der Waals surface area (Å²) in [4.78, 5) is 4.66. The molecule has 0 saturated heterocycles. The topological polar surface area (TPSA) is 48.7 Å². The van der Waals surface area contributed by atoms with E-state index in [1.807, 2.05) is 12.1 Å². The number of aryl methyl sites for hydroxylation is 1. The third-order valence-electron chi connectivity index (χ3n) is 5.53. The SMILES string of the molecule is COc1cc2c(cc1OC)C1=C(C#N)CN(Cc3ccc(C)cc3)CN1CC2. The Morgan fingerprint density at radius 3 is 2.46 bits per heavy atom. The molecule has 144 valence electrons. The summed E-state index contributed by atoms with van der Waals surface area (Å²) in [5.74, 6) is 1.44. The molecule has 2 heterocycles. The van der Waals surface area contributed by atoms with Gasteiger partial charge >= 0.3 is 0 Å². The third-order valence-corrected chi connectivity index (χ3v) is 5.53. The lowest BCUT2D eigenvalue weighted by molar-refractivity contribution is 0.167. The lowest BCUT2D eigenvalue weighted by Gasteiger charge is -2.42. The van der Waals surface area contributed by atoms with Crippen LogP contribution in [0.4, 0.5) is 0 Å². The van der Waals surface area contributed by atoms with Gasteiger partial charge in [-0.25, -0.2) is 0 Å². The fraction of sp³-hybridized carbons (Fsp3) is 0.348. The normalized spacial score (nSPS) is 16.3. The first kappa shape index (κ1) is 18.4. The molecule has 2 aromatic rings. The van der Waals surface area contributed by atoms with Gasteiger partial charge < -0.3 is 14.4 Å². The van der Waals surface area contributed by atoms with Crippen LogP contribution in [0.2, 0.25) is 0 Å². The summed E-state index contributed by atoms with van der Waals surface area (Å²) in [5, 5.41) is 9.89. The molecule has 0 aromatic heterocycles. The zero-order valence-electron chi connectivity index (χ0n) is 16.7. The molecule has 0 saturated carbocycles. The van der Waals surface area contributed by atoms with Crippen LogP contribution >= 0.6 is 0 Å². The van der Waals surface area contributed by atoms with Gasteiger partial charge in [-0.3, -0.25) is 4.90 Å². The largest absolute Gasteiger partial charge is 0.493 e. The van der Waals surface area contributed by atoms with Crippen LogP contribution in [0.5, 0.6) is 11.5 Å². The molecule has 0 bridgehead atoms. The second-order valence-corrected chi connectivity index (χ2v) is 7.43. The number of hydrogen-bond acceptors (Lipinski definition) is 5. The predicted octanol–water partition coefficient (Wildman–Crippen LogP) is 3.58. The molecule has 2 aromatic carbocycles. The Kier molecular flexibility index (Phi) is 4.97. The van der Waals surface area contributed by atoms with E-state index < -0.39 is 0 Å². The van der Waals surface area contributed by atoms with Crippen LogP contribution < -0.4 is 9.47 Å². The van der Waals surface area contributed by atoms with Crippen molar-refractivity contribution in [3.8, 4) is 17.6 Å². The van der Waals surface area contributed by atoms with Gasteiger partial charge in [-0.05, 0) is 36.6 Å². The van der Waals surface area contributed by atoms with Crippen LogP contribution in [0.3, 0.4) is 0 Å². The average Bonchev–Trinajstić information content (AvgIpc) is 2.73. The van der Waals surface area contributed by atoms with Gasteiger partial charge in [0.2, 0.25) is 0 Å². The number of hydrogen-bond donors (Lipinski definition) is 0. The Labute approximate surface area is 166 Å². The fourth-order valence-electron chi connectivity index (χ4n) is 4.12. The van der Waals surface area contributed by atoms with E-state index in [1.54, 1.807) is 14.2 Å². The average molecular weight is 375 g/mol. The Morgan fingerprint density at radius 2 is 1.79 bits per heavy atom. The van der Waals surface area contributed by atoms with E-state index in [2.05, 4.69) is 47.1 Å². The van der Waals surface area contributed by atoms with E-state index in [0.29, 0.717) is 12.3 Å². The maximum absolute atomic E-state index is 9.89. The van der Waals surface area contributed by atoms with Gasteiger partial charge in [0.15, 0.2) is 11.5 Å². The zero-order valence-corrected chi connectivity index (χ0v) is 16.7. The van der Waals surface area contributed by atoms with Crippen molar-refractivity contribution in [3.63, 3.8) is 0 Å². The lowest BCUT2D eigenvalue weighted by atomic mass is 9.92. The molecule has 0 aliphatic carbocycles. The molecular weight excluding hydrogens is 350 g/mol. The third kappa shape index (κ3) is 3.32. The van der Waals surface area contributed by atoms with E-state index in [9.17, 15) is 5.26 Å². The molecule has 0 fully saturated rings. The van der Waals surface area contributed by atoms with Gasteiger partial charge in [0.05, 0.1) is 38.2 Å². The molecular formula is C23H25N3O2. The van der Waals surface area contributed by atoms with Gasteiger partial charge in [-0.15, -0.1) is 0 Å².